The molecular weight excluding hydrogens is 129 g/mol. The molecule has 1 N–H and O–H groups in total. The Labute approximate surface area is 57.2 Å². The first kappa shape index (κ1) is 6.57. The Kier molecular flexibility index (Phi) is 2.07. The summed E-state index contributed by atoms with van der Waals surface area (Å²) in [7, 11) is 3.24. The van der Waals surface area contributed by atoms with Crippen molar-refractivity contribution in [3.63, 3.8) is 0 Å². The quantitative estimate of drug-likeness (QED) is 0.630. The molecule has 0 fully saturated rings. The monoisotopic (exact) mass is 139 g/mol. The summed E-state index contributed by atoms with van der Waals surface area (Å²) in [6, 6.07) is 2.11. The largest absolute Gasteiger partial charge is 0.388 e. The average Bonchev–Trinajstić information content (AvgIpc) is 1.89. The number of rotatable bonds is 1. The highest BCUT2D eigenvalue weighted by atomic mass is 31.0. The third-order valence-electron chi connectivity index (χ3n) is 1.29. The standard InChI is InChI=1S/C7H10NP/c1-6-5-9-4-3-7(6)8-2/h3-5,8H,1-2H3. The highest BCUT2D eigenvalue weighted by Gasteiger charge is 1.89. The molecule has 0 bridgehead atoms. The molecule has 0 radical (unpaired) electrons. The molecule has 1 rings (SSSR count). The smallest absolute Gasteiger partial charge is 0.0374 e. The van der Waals surface area contributed by atoms with E-state index in [1.165, 1.54) is 19.4 Å². The Morgan fingerprint density at radius 3 is 2.78 bits per heavy atom. The van der Waals surface area contributed by atoms with Crippen molar-refractivity contribution in [2.24, 2.45) is 0 Å². The molecule has 0 saturated carbocycles. The van der Waals surface area contributed by atoms with E-state index in [2.05, 4.69) is 29.9 Å². The summed E-state index contributed by atoms with van der Waals surface area (Å²) in [5.41, 5.74) is 2.57. The van der Waals surface area contributed by atoms with Crippen molar-refractivity contribution in [3.8, 4) is 0 Å². The lowest BCUT2D eigenvalue weighted by Gasteiger charge is -2.00. The van der Waals surface area contributed by atoms with Crippen LogP contribution in [0.5, 0.6) is 0 Å². The van der Waals surface area contributed by atoms with Gasteiger partial charge in [0.15, 0.2) is 0 Å². The van der Waals surface area contributed by atoms with Gasteiger partial charge in [0.25, 0.3) is 0 Å². The van der Waals surface area contributed by atoms with Crippen molar-refractivity contribution >= 4 is 13.9 Å². The first-order valence-electron chi connectivity index (χ1n) is 2.93. The summed E-state index contributed by atoms with van der Waals surface area (Å²) in [6.07, 6.45) is 0. The first-order chi connectivity index (χ1) is 4.34. The van der Waals surface area contributed by atoms with Crippen LogP contribution in [0.15, 0.2) is 17.7 Å². The third-order valence-corrected chi connectivity index (χ3v) is 2.15. The van der Waals surface area contributed by atoms with E-state index in [-0.39, 0.29) is 0 Å². The van der Waals surface area contributed by atoms with Crippen LogP contribution in [0.3, 0.4) is 0 Å². The summed E-state index contributed by atoms with van der Waals surface area (Å²) in [5.74, 6) is 4.31. The van der Waals surface area contributed by atoms with Gasteiger partial charge in [0.1, 0.15) is 0 Å². The molecule has 48 valence electrons. The molecule has 0 saturated heterocycles. The zero-order chi connectivity index (χ0) is 6.69. The summed E-state index contributed by atoms with van der Waals surface area (Å²) >= 11 is 0. The van der Waals surface area contributed by atoms with Crippen LogP contribution in [-0.4, -0.2) is 7.05 Å². The van der Waals surface area contributed by atoms with E-state index < -0.39 is 0 Å². The Morgan fingerprint density at radius 2 is 2.33 bits per heavy atom. The molecule has 1 heterocycles. The number of hydrogen-bond acceptors (Lipinski definition) is 1. The van der Waals surface area contributed by atoms with E-state index in [1.807, 2.05) is 7.05 Å². The minimum Gasteiger partial charge on any atom is -0.388 e. The van der Waals surface area contributed by atoms with Crippen molar-refractivity contribution in [2.45, 2.75) is 6.92 Å². The predicted octanol–water partition coefficient (Wildman–Crippen LogP) is 2.62. The number of nitrogens with one attached hydrogen (secondary N) is 1. The maximum Gasteiger partial charge on any atom is 0.0374 e. The maximum absolute atomic E-state index is 3.11. The van der Waals surface area contributed by atoms with Crippen LogP contribution in [0.25, 0.3) is 0 Å². The third kappa shape index (κ3) is 1.43. The highest BCUT2D eigenvalue weighted by Crippen LogP contribution is 2.17. The molecule has 0 aliphatic carbocycles. The molecule has 1 aromatic rings. The van der Waals surface area contributed by atoms with Gasteiger partial charge < -0.3 is 5.32 Å². The Hall–Kier alpha value is -0.550. The zero-order valence-electron chi connectivity index (χ0n) is 5.68. The van der Waals surface area contributed by atoms with E-state index in [4.69, 9.17) is 0 Å². The van der Waals surface area contributed by atoms with Gasteiger partial charge in [-0.05, 0) is 30.1 Å². The van der Waals surface area contributed by atoms with Crippen LogP contribution in [0, 0.1) is 6.92 Å². The van der Waals surface area contributed by atoms with Crippen LogP contribution in [0.4, 0.5) is 5.69 Å². The van der Waals surface area contributed by atoms with Gasteiger partial charge >= 0.3 is 0 Å². The summed E-state index contributed by atoms with van der Waals surface area (Å²) in [6.45, 7) is 2.11. The first-order valence-corrected chi connectivity index (χ1v) is 3.96. The van der Waals surface area contributed by atoms with Crippen molar-refractivity contribution in [2.75, 3.05) is 12.4 Å². The fourth-order valence-corrected chi connectivity index (χ4v) is 1.44. The minimum absolute atomic E-state index is 1.23. The SMILES string of the molecule is CNc1ccpcc1C. The van der Waals surface area contributed by atoms with Crippen molar-refractivity contribution in [1.29, 1.82) is 0 Å². The Balaban J connectivity index is 3.01. The molecule has 0 aliphatic heterocycles. The fourth-order valence-electron chi connectivity index (χ4n) is 0.754. The summed E-state index contributed by atoms with van der Waals surface area (Å²) < 4.78 is 0. The van der Waals surface area contributed by atoms with Crippen LogP contribution in [0.2, 0.25) is 0 Å². The Morgan fingerprint density at radius 1 is 1.56 bits per heavy atom. The second-order valence-electron chi connectivity index (χ2n) is 1.94. The molecule has 0 atom stereocenters. The molecule has 0 unspecified atom stereocenters. The lowest BCUT2D eigenvalue weighted by atomic mass is 10.3. The summed E-state index contributed by atoms with van der Waals surface area (Å²) in [4.78, 5) is 0. The summed E-state index contributed by atoms with van der Waals surface area (Å²) in [5, 5.41) is 3.11. The van der Waals surface area contributed by atoms with Crippen LogP contribution >= 0.6 is 8.19 Å². The molecule has 0 aromatic carbocycles. The van der Waals surface area contributed by atoms with E-state index in [9.17, 15) is 0 Å². The van der Waals surface area contributed by atoms with Crippen molar-refractivity contribution in [3.05, 3.63) is 23.2 Å². The van der Waals surface area contributed by atoms with Gasteiger partial charge in [0, 0.05) is 12.7 Å². The van der Waals surface area contributed by atoms with E-state index >= 15 is 0 Å². The van der Waals surface area contributed by atoms with Crippen LogP contribution in [-0.2, 0) is 0 Å². The molecule has 0 spiro atoms. The van der Waals surface area contributed by atoms with Gasteiger partial charge in [-0.2, -0.15) is 0 Å². The maximum atomic E-state index is 3.11. The number of hydrogen-bond donors (Lipinski definition) is 1. The van der Waals surface area contributed by atoms with Gasteiger partial charge in [0.2, 0.25) is 0 Å². The van der Waals surface area contributed by atoms with E-state index in [0.717, 1.165) is 0 Å². The molecule has 2 heteroatoms. The highest BCUT2D eigenvalue weighted by molar-refractivity contribution is 7.28. The lowest BCUT2D eigenvalue weighted by Crippen LogP contribution is -1.88. The van der Waals surface area contributed by atoms with Crippen LogP contribution in [0.1, 0.15) is 5.56 Å². The molecule has 0 aliphatic rings. The number of anilines is 1. The van der Waals surface area contributed by atoms with Crippen molar-refractivity contribution < 1.29 is 0 Å². The van der Waals surface area contributed by atoms with Gasteiger partial charge in [-0.15, -0.1) is 0 Å². The van der Waals surface area contributed by atoms with Gasteiger partial charge in [-0.3, -0.25) is 0 Å². The fraction of sp³-hybridized carbons (Fsp3) is 0.286. The second-order valence-corrected chi connectivity index (χ2v) is 2.80. The van der Waals surface area contributed by atoms with E-state index in [1.54, 1.807) is 0 Å². The molecule has 1 aromatic heterocycles. The van der Waals surface area contributed by atoms with Gasteiger partial charge in [-0.25, -0.2) is 0 Å². The average molecular weight is 139 g/mol. The van der Waals surface area contributed by atoms with E-state index in [0.29, 0.717) is 0 Å². The topological polar surface area (TPSA) is 12.0 Å². The molecular formula is C7H10NP. The molecule has 0 amide bonds. The predicted molar refractivity (Wildman–Crippen MR) is 43.2 cm³/mol. The van der Waals surface area contributed by atoms with Crippen molar-refractivity contribution in [1.82, 2.24) is 0 Å². The number of aryl methyl sites for hydroxylation is 1. The zero-order valence-corrected chi connectivity index (χ0v) is 6.57. The molecule has 9 heavy (non-hydrogen) atoms. The van der Waals surface area contributed by atoms with Gasteiger partial charge in [0.05, 0.1) is 0 Å². The second kappa shape index (κ2) is 2.84. The van der Waals surface area contributed by atoms with Crippen LogP contribution < -0.4 is 5.32 Å². The lowest BCUT2D eigenvalue weighted by molar-refractivity contribution is 1.44. The minimum atomic E-state index is 1.23. The Bertz CT molecular complexity index is 198. The van der Waals surface area contributed by atoms with Gasteiger partial charge in [-0.1, -0.05) is 8.19 Å². The normalized spacial score (nSPS) is 10.0. The molecule has 1 nitrogen and oxygen atoms in total.